The summed E-state index contributed by atoms with van der Waals surface area (Å²) in [5.41, 5.74) is 0.701. The molecule has 1 N–H and O–H groups in total. The Balaban J connectivity index is 1.87. The van der Waals surface area contributed by atoms with Gasteiger partial charge in [-0.15, -0.1) is 0 Å². The minimum atomic E-state index is -3.39. The number of piperidine rings is 1. The fourth-order valence-corrected chi connectivity index (χ4v) is 4.80. The van der Waals surface area contributed by atoms with Crippen molar-refractivity contribution >= 4 is 10.0 Å². The molecule has 2 atom stereocenters. The van der Waals surface area contributed by atoms with Crippen LogP contribution in [0.25, 0.3) is 0 Å². The molecule has 7 heteroatoms. The molecular formula is C12H20N4O2S. The van der Waals surface area contributed by atoms with E-state index in [4.69, 9.17) is 0 Å². The van der Waals surface area contributed by atoms with Crippen molar-refractivity contribution in [2.45, 2.75) is 30.7 Å². The topological polar surface area (TPSA) is 67.2 Å². The SMILES string of the molecule is Cc1c(S(=O)(=O)N2CCC3NCCC3C2)cnn1C. The lowest BCUT2D eigenvalue weighted by molar-refractivity contribution is 0.247. The maximum Gasteiger partial charge on any atom is 0.246 e. The van der Waals surface area contributed by atoms with Crippen molar-refractivity contribution in [3.05, 3.63) is 11.9 Å². The summed E-state index contributed by atoms with van der Waals surface area (Å²) in [4.78, 5) is 0.347. The van der Waals surface area contributed by atoms with Gasteiger partial charge in [0.25, 0.3) is 0 Å². The highest BCUT2D eigenvalue weighted by atomic mass is 32.2. The van der Waals surface area contributed by atoms with Crippen molar-refractivity contribution in [3.8, 4) is 0 Å². The number of aromatic nitrogens is 2. The van der Waals surface area contributed by atoms with E-state index >= 15 is 0 Å². The van der Waals surface area contributed by atoms with Crippen LogP contribution in [0.3, 0.4) is 0 Å². The zero-order valence-corrected chi connectivity index (χ0v) is 12.2. The van der Waals surface area contributed by atoms with Crippen LogP contribution in [0, 0.1) is 12.8 Å². The van der Waals surface area contributed by atoms with Gasteiger partial charge in [-0.25, -0.2) is 8.42 Å². The Morgan fingerprint density at radius 2 is 2.21 bits per heavy atom. The van der Waals surface area contributed by atoms with Crippen molar-refractivity contribution in [1.82, 2.24) is 19.4 Å². The number of nitrogens with one attached hydrogen (secondary N) is 1. The average molecular weight is 284 g/mol. The fourth-order valence-electron chi connectivity index (χ4n) is 3.10. The quantitative estimate of drug-likeness (QED) is 0.836. The molecule has 3 heterocycles. The van der Waals surface area contributed by atoms with Crippen LogP contribution in [0.4, 0.5) is 0 Å². The van der Waals surface area contributed by atoms with Crippen LogP contribution < -0.4 is 5.32 Å². The summed E-state index contributed by atoms with van der Waals surface area (Å²) < 4.78 is 28.6. The van der Waals surface area contributed by atoms with Crippen LogP contribution >= 0.6 is 0 Å². The van der Waals surface area contributed by atoms with E-state index in [2.05, 4.69) is 10.4 Å². The summed E-state index contributed by atoms with van der Waals surface area (Å²) in [6.45, 7) is 4.04. The van der Waals surface area contributed by atoms with E-state index in [1.165, 1.54) is 6.20 Å². The van der Waals surface area contributed by atoms with Gasteiger partial charge in [0.15, 0.2) is 0 Å². The molecule has 0 aromatic carbocycles. The highest BCUT2D eigenvalue weighted by molar-refractivity contribution is 7.89. The largest absolute Gasteiger partial charge is 0.314 e. The summed E-state index contributed by atoms with van der Waals surface area (Å²) in [5, 5.41) is 7.49. The van der Waals surface area contributed by atoms with Crippen LogP contribution in [-0.2, 0) is 17.1 Å². The molecule has 19 heavy (non-hydrogen) atoms. The predicted octanol–water partition coefficient (Wildman–Crippen LogP) is 0.101. The standard InChI is InChI=1S/C12H20N4O2S/c1-9-12(7-14-15(9)2)19(17,18)16-6-4-11-10(8-16)3-5-13-11/h7,10-11,13H,3-6,8H2,1-2H3. The van der Waals surface area contributed by atoms with Crippen molar-refractivity contribution in [1.29, 1.82) is 0 Å². The van der Waals surface area contributed by atoms with Crippen molar-refractivity contribution < 1.29 is 8.42 Å². The lowest BCUT2D eigenvalue weighted by Crippen LogP contribution is -2.46. The van der Waals surface area contributed by atoms with Gasteiger partial charge >= 0.3 is 0 Å². The number of nitrogens with zero attached hydrogens (tertiary/aromatic N) is 3. The summed E-state index contributed by atoms with van der Waals surface area (Å²) in [7, 11) is -1.62. The minimum Gasteiger partial charge on any atom is -0.314 e. The molecule has 2 fully saturated rings. The van der Waals surface area contributed by atoms with E-state index in [0.717, 1.165) is 19.4 Å². The van der Waals surface area contributed by atoms with Gasteiger partial charge in [-0.1, -0.05) is 0 Å². The molecule has 0 spiro atoms. The second-order valence-corrected chi connectivity index (χ2v) is 7.39. The monoisotopic (exact) mass is 284 g/mol. The Morgan fingerprint density at radius 1 is 1.42 bits per heavy atom. The molecule has 1 aromatic rings. The van der Waals surface area contributed by atoms with Gasteiger partial charge in [0.1, 0.15) is 4.90 Å². The zero-order chi connectivity index (χ0) is 13.6. The van der Waals surface area contributed by atoms with Gasteiger partial charge in [0.05, 0.1) is 11.9 Å². The zero-order valence-electron chi connectivity index (χ0n) is 11.3. The molecule has 2 aliphatic rings. The number of rotatable bonds is 2. The normalized spacial score (nSPS) is 28.5. The molecule has 1 aromatic heterocycles. The highest BCUT2D eigenvalue weighted by Gasteiger charge is 2.38. The third-order valence-electron chi connectivity index (χ3n) is 4.43. The smallest absolute Gasteiger partial charge is 0.246 e. The molecule has 2 unspecified atom stereocenters. The molecular weight excluding hydrogens is 264 g/mol. The first-order valence-electron chi connectivity index (χ1n) is 6.72. The Kier molecular flexibility index (Phi) is 3.15. The molecule has 0 bridgehead atoms. The van der Waals surface area contributed by atoms with Gasteiger partial charge in [-0.05, 0) is 32.2 Å². The summed E-state index contributed by atoms with van der Waals surface area (Å²) in [5.74, 6) is 0.459. The fraction of sp³-hybridized carbons (Fsp3) is 0.750. The summed E-state index contributed by atoms with van der Waals surface area (Å²) in [6, 6.07) is 0.501. The van der Waals surface area contributed by atoms with E-state index in [0.29, 0.717) is 35.6 Å². The van der Waals surface area contributed by atoms with E-state index in [1.807, 2.05) is 0 Å². The number of hydrogen-bond acceptors (Lipinski definition) is 4. The van der Waals surface area contributed by atoms with Crippen molar-refractivity contribution in [2.24, 2.45) is 13.0 Å². The summed E-state index contributed by atoms with van der Waals surface area (Å²) in [6.07, 6.45) is 3.44. The van der Waals surface area contributed by atoms with Gasteiger partial charge < -0.3 is 5.32 Å². The predicted molar refractivity (Wildman–Crippen MR) is 71.2 cm³/mol. The molecule has 2 aliphatic heterocycles. The van der Waals surface area contributed by atoms with Gasteiger partial charge in [-0.2, -0.15) is 9.40 Å². The molecule has 0 amide bonds. The van der Waals surface area contributed by atoms with Crippen LogP contribution in [-0.4, -0.2) is 48.2 Å². The van der Waals surface area contributed by atoms with Crippen LogP contribution in [0.1, 0.15) is 18.5 Å². The second kappa shape index (κ2) is 4.57. The first kappa shape index (κ1) is 13.1. The molecule has 0 radical (unpaired) electrons. The van der Waals surface area contributed by atoms with E-state index in [1.54, 1.807) is 23.0 Å². The lowest BCUT2D eigenvalue weighted by atomic mass is 9.95. The molecule has 2 saturated heterocycles. The first-order chi connectivity index (χ1) is 9.00. The summed E-state index contributed by atoms with van der Waals surface area (Å²) >= 11 is 0. The van der Waals surface area contributed by atoms with Crippen LogP contribution in [0.5, 0.6) is 0 Å². The van der Waals surface area contributed by atoms with Crippen molar-refractivity contribution in [3.63, 3.8) is 0 Å². The number of aryl methyl sites for hydroxylation is 1. The maximum atomic E-state index is 12.7. The second-order valence-electron chi connectivity index (χ2n) is 5.48. The highest BCUT2D eigenvalue weighted by Crippen LogP contribution is 2.29. The number of hydrogen-bond donors (Lipinski definition) is 1. The minimum absolute atomic E-state index is 0.347. The number of sulfonamides is 1. The Bertz CT molecular complexity index is 581. The van der Waals surface area contributed by atoms with E-state index in [9.17, 15) is 8.42 Å². The molecule has 0 saturated carbocycles. The van der Waals surface area contributed by atoms with Crippen LogP contribution in [0.2, 0.25) is 0 Å². The maximum absolute atomic E-state index is 12.7. The third kappa shape index (κ3) is 2.09. The Hall–Kier alpha value is -0.920. The molecule has 0 aliphatic carbocycles. The van der Waals surface area contributed by atoms with Gasteiger partial charge in [0, 0.05) is 26.2 Å². The molecule has 6 nitrogen and oxygen atoms in total. The Morgan fingerprint density at radius 3 is 2.89 bits per heavy atom. The van der Waals surface area contributed by atoms with E-state index in [-0.39, 0.29) is 0 Å². The number of fused-ring (bicyclic) bond motifs is 1. The van der Waals surface area contributed by atoms with Gasteiger partial charge in [-0.3, -0.25) is 4.68 Å². The lowest BCUT2D eigenvalue weighted by Gasteiger charge is -2.33. The van der Waals surface area contributed by atoms with Gasteiger partial charge in [0.2, 0.25) is 10.0 Å². The van der Waals surface area contributed by atoms with E-state index < -0.39 is 10.0 Å². The first-order valence-corrected chi connectivity index (χ1v) is 8.16. The van der Waals surface area contributed by atoms with Crippen LogP contribution in [0.15, 0.2) is 11.1 Å². The molecule has 3 rings (SSSR count). The average Bonchev–Trinajstić information content (AvgIpc) is 2.96. The van der Waals surface area contributed by atoms with Crippen molar-refractivity contribution in [2.75, 3.05) is 19.6 Å². The third-order valence-corrected chi connectivity index (χ3v) is 6.39. The Labute approximate surface area is 113 Å². The molecule has 106 valence electrons.